The first kappa shape index (κ1) is 16.6. The van der Waals surface area contributed by atoms with Gasteiger partial charge in [0.2, 0.25) is 0 Å². The van der Waals surface area contributed by atoms with Crippen LogP contribution in [0.25, 0.3) is 0 Å². The zero-order chi connectivity index (χ0) is 15.3. The third kappa shape index (κ3) is 3.73. The molecule has 0 unspecified atom stereocenters. The molecule has 0 radical (unpaired) electrons. The van der Waals surface area contributed by atoms with E-state index in [2.05, 4.69) is 39.8 Å². The number of hydrogen-bond acceptors (Lipinski definition) is 1. The molecule has 0 aromatic heterocycles. The molecule has 2 rings (SSSR count). The van der Waals surface area contributed by atoms with Crippen molar-refractivity contribution < 1.29 is 4.74 Å². The molecule has 2 aliphatic rings. The maximum absolute atomic E-state index is 6.22. The van der Waals surface area contributed by atoms with E-state index in [1.54, 1.807) is 0 Å². The predicted octanol–water partition coefficient (Wildman–Crippen LogP) is 6.75. The third-order valence-corrected chi connectivity index (χ3v) is 6.59. The molecule has 2 aliphatic carbocycles. The van der Waals surface area contributed by atoms with E-state index in [0.717, 1.165) is 12.8 Å². The highest BCUT2D eigenvalue weighted by Gasteiger charge is 2.31. The molecule has 0 bridgehead atoms. The topological polar surface area (TPSA) is 9.23 Å². The van der Waals surface area contributed by atoms with Crippen LogP contribution in [0.3, 0.4) is 0 Å². The maximum atomic E-state index is 6.22. The van der Waals surface area contributed by atoms with Gasteiger partial charge in [0.15, 0.2) is 0 Å². The molecule has 0 N–H and O–H groups in total. The number of ether oxygens (including phenoxy) is 1. The van der Waals surface area contributed by atoms with Gasteiger partial charge in [-0.2, -0.15) is 0 Å². The van der Waals surface area contributed by atoms with Crippen LogP contribution in [-0.2, 0) is 4.74 Å². The summed E-state index contributed by atoms with van der Waals surface area (Å²) in [4.78, 5) is 0. The van der Waals surface area contributed by atoms with E-state index in [1.807, 2.05) is 0 Å². The van der Waals surface area contributed by atoms with Crippen LogP contribution in [0.1, 0.15) is 91.9 Å². The van der Waals surface area contributed by atoms with E-state index in [4.69, 9.17) is 4.74 Å². The molecule has 0 saturated heterocycles. The van der Waals surface area contributed by atoms with Gasteiger partial charge >= 0.3 is 0 Å². The van der Waals surface area contributed by atoms with Gasteiger partial charge in [-0.3, -0.25) is 0 Å². The van der Waals surface area contributed by atoms with Gasteiger partial charge in [-0.25, -0.2) is 0 Å². The lowest BCUT2D eigenvalue weighted by Gasteiger charge is -2.37. The Kier molecular flexibility index (Phi) is 5.57. The molecule has 1 heteroatoms. The zero-order valence-corrected chi connectivity index (χ0v) is 14.6. The number of hydrogen-bond donors (Lipinski definition) is 0. The molecule has 1 nitrogen and oxygen atoms in total. The fourth-order valence-electron chi connectivity index (χ4n) is 3.98. The van der Waals surface area contributed by atoms with Gasteiger partial charge in [0.25, 0.3) is 0 Å². The van der Waals surface area contributed by atoms with Crippen molar-refractivity contribution in [2.75, 3.05) is 0 Å². The quantitative estimate of drug-likeness (QED) is 0.525. The minimum absolute atomic E-state index is 0.549. The normalized spacial score (nSPS) is 24.2. The molecular formula is C20H34O. The highest BCUT2D eigenvalue weighted by atomic mass is 16.5. The van der Waals surface area contributed by atoms with Crippen molar-refractivity contribution in [2.45, 2.75) is 91.9 Å². The second-order valence-electron chi connectivity index (χ2n) is 7.27. The lowest BCUT2D eigenvalue weighted by atomic mass is 9.72. The first-order valence-corrected chi connectivity index (χ1v) is 9.17. The molecule has 0 amide bonds. The Morgan fingerprint density at radius 2 is 1.14 bits per heavy atom. The molecule has 120 valence electrons. The number of rotatable bonds is 6. The lowest BCUT2D eigenvalue weighted by molar-refractivity contribution is 0.162. The van der Waals surface area contributed by atoms with Crippen LogP contribution in [-0.4, -0.2) is 0 Å². The average Bonchev–Trinajstić information content (AvgIpc) is 2.57. The Balaban J connectivity index is 1.92. The Hall–Kier alpha value is -0.720. The largest absolute Gasteiger partial charge is 0.467 e. The molecule has 0 heterocycles. The fourth-order valence-corrected chi connectivity index (χ4v) is 3.98. The summed E-state index contributed by atoms with van der Waals surface area (Å²) in [5.74, 6) is 2.47. The molecule has 0 aliphatic heterocycles. The van der Waals surface area contributed by atoms with E-state index in [9.17, 15) is 0 Å². The van der Waals surface area contributed by atoms with Crippen molar-refractivity contribution >= 4 is 0 Å². The third-order valence-electron chi connectivity index (χ3n) is 6.59. The van der Waals surface area contributed by atoms with Gasteiger partial charge in [0.1, 0.15) is 0 Å². The molecule has 0 aromatic carbocycles. The monoisotopic (exact) mass is 290 g/mol. The van der Waals surface area contributed by atoms with Crippen molar-refractivity contribution in [1.82, 2.24) is 0 Å². The number of allylic oxidation sites excluding steroid dienone is 4. The highest BCUT2D eigenvalue weighted by Crippen LogP contribution is 2.44. The first-order valence-electron chi connectivity index (χ1n) is 9.17. The maximum Gasteiger partial charge on any atom is 0.0996 e. The molecule has 0 spiro atoms. The van der Waals surface area contributed by atoms with E-state index in [0.29, 0.717) is 10.8 Å². The van der Waals surface area contributed by atoms with Crippen LogP contribution in [0.2, 0.25) is 0 Å². The summed E-state index contributed by atoms with van der Waals surface area (Å²) in [5.41, 5.74) is 1.10. The van der Waals surface area contributed by atoms with E-state index in [1.165, 1.54) is 62.9 Å². The Morgan fingerprint density at radius 3 is 1.38 bits per heavy atom. The Labute approximate surface area is 131 Å². The molecule has 21 heavy (non-hydrogen) atoms. The van der Waals surface area contributed by atoms with Gasteiger partial charge in [-0.1, -0.05) is 53.4 Å². The van der Waals surface area contributed by atoms with Crippen molar-refractivity contribution in [1.29, 1.82) is 0 Å². The molecule has 0 aromatic rings. The lowest BCUT2D eigenvalue weighted by Crippen LogP contribution is -2.23. The molecule has 0 fully saturated rings. The van der Waals surface area contributed by atoms with Crippen LogP contribution in [0.5, 0.6) is 0 Å². The van der Waals surface area contributed by atoms with Crippen molar-refractivity contribution in [2.24, 2.45) is 10.8 Å². The summed E-state index contributed by atoms with van der Waals surface area (Å²) in [5, 5.41) is 0. The Morgan fingerprint density at radius 1 is 0.762 bits per heavy atom. The smallest absolute Gasteiger partial charge is 0.0996 e. The van der Waals surface area contributed by atoms with Gasteiger partial charge in [-0.05, 0) is 48.7 Å². The molecule has 0 saturated carbocycles. The van der Waals surface area contributed by atoms with Crippen molar-refractivity contribution in [3.05, 3.63) is 23.7 Å². The van der Waals surface area contributed by atoms with Gasteiger partial charge in [0.05, 0.1) is 11.5 Å². The summed E-state index contributed by atoms with van der Waals surface area (Å²) in [6, 6.07) is 0. The average molecular weight is 290 g/mol. The summed E-state index contributed by atoms with van der Waals surface area (Å²) < 4.78 is 6.22. The van der Waals surface area contributed by atoms with Crippen LogP contribution in [0.15, 0.2) is 23.7 Å². The van der Waals surface area contributed by atoms with E-state index >= 15 is 0 Å². The predicted molar refractivity (Wildman–Crippen MR) is 91.0 cm³/mol. The second-order valence-corrected chi connectivity index (χ2v) is 7.27. The minimum atomic E-state index is 0.549. The SMILES string of the molecule is CCC1(CC)CC=C(OC2=CCC(CC)(CC)CC2)CC1. The van der Waals surface area contributed by atoms with Crippen molar-refractivity contribution in [3.63, 3.8) is 0 Å². The zero-order valence-electron chi connectivity index (χ0n) is 14.6. The van der Waals surface area contributed by atoms with Gasteiger partial charge in [-0.15, -0.1) is 0 Å². The van der Waals surface area contributed by atoms with Crippen LogP contribution in [0, 0.1) is 10.8 Å². The second kappa shape index (κ2) is 7.03. The van der Waals surface area contributed by atoms with Crippen LogP contribution < -0.4 is 0 Å². The highest BCUT2D eigenvalue weighted by molar-refractivity contribution is 5.10. The molecule has 0 atom stereocenters. The van der Waals surface area contributed by atoms with E-state index in [-0.39, 0.29) is 0 Å². The van der Waals surface area contributed by atoms with Crippen molar-refractivity contribution in [3.8, 4) is 0 Å². The van der Waals surface area contributed by atoms with Crippen LogP contribution in [0.4, 0.5) is 0 Å². The molecular weight excluding hydrogens is 256 g/mol. The fraction of sp³-hybridized carbons (Fsp3) is 0.800. The van der Waals surface area contributed by atoms with E-state index < -0.39 is 0 Å². The van der Waals surface area contributed by atoms with Crippen LogP contribution >= 0.6 is 0 Å². The van der Waals surface area contributed by atoms with Gasteiger partial charge < -0.3 is 4.74 Å². The van der Waals surface area contributed by atoms with Gasteiger partial charge in [0, 0.05) is 12.8 Å². The summed E-state index contributed by atoms with van der Waals surface area (Å²) in [6.07, 6.45) is 17.2. The minimum Gasteiger partial charge on any atom is -0.467 e. The first-order chi connectivity index (χ1) is 10.1. The summed E-state index contributed by atoms with van der Waals surface area (Å²) >= 11 is 0. The standard InChI is InChI=1S/C20H34O/c1-5-19(6-2)13-9-17(10-14-19)21-18-11-15-20(7-3,8-4)16-12-18/h9,11H,5-8,10,12-16H2,1-4H3. The Bertz CT molecular complexity index is 356. The summed E-state index contributed by atoms with van der Waals surface area (Å²) in [7, 11) is 0. The summed E-state index contributed by atoms with van der Waals surface area (Å²) in [6.45, 7) is 9.34.